The van der Waals surface area contributed by atoms with Crippen LogP contribution < -0.4 is 10.9 Å². The first kappa shape index (κ1) is 16.1. The molecule has 5 nitrogen and oxygen atoms in total. The van der Waals surface area contributed by atoms with Crippen molar-refractivity contribution in [3.63, 3.8) is 0 Å². The minimum Gasteiger partial charge on any atom is -0.456 e. The number of ketones is 1. The molecule has 0 aliphatic rings. The van der Waals surface area contributed by atoms with E-state index in [1.165, 1.54) is 19.2 Å². The van der Waals surface area contributed by atoms with Gasteiger partial charge in [0.05, 0.1) is 10.8 Å². The van der Waals surface area contributed by atoms with Crippen molar-refractivity contribution in [2.75, 3.05) is 7.11 Å². The second kappa shape index (κ2) is 5.69. The Hall–Kier alpha value is -2.79. The van der Waals surface area contributed by atoms with Crippen molar-refractivity contribution in [1.82, 2.24) is 0 Å². The van der Waals surface area contributed by atoms with Gasteiger partial charge in [-0.3, -0.25) is 14.4 Å². The molecule has 0 atom stereocenters. The van der Waals surface area contributed by atoms with Gasteiger partial charge in [0.1, 0.15) is 16.8 Å². The lowest BCUT2D eigenvalue weighted by Crippen LogP contribution is -2.33. The smallest absolute Gasteiger partial charge is 0.237 e. The average Bonchev–Trinajstić information content (AvgIpc) is 2.70. The molecule has 5 heteroatoms. The number of hydrogen-bond acceptors (Lipinski definition) is 5. The number of benzene rings is 2. The van der Waals surface area contributed by atoms with Crippen LogP contribution in [0.25, 0.3) is 21.9 Å². The molecule has 0 aliphatic carbocycles. The van der Waals surface area contributed by atoms with E-state index in [9.17, 15) is 14.4 Å². The Bertz CT molecular complexity index is 1080. The van der Waals surface area contributed by atoms with Crippen LogP contribution in [-0.2, 0) is 4.74 Å². The predicted molar refractivity (Wildman–Crippen MR) is 91.7 cm³/mol. The maximum absolute atomic E-state index is 12.5. The summed E-state index contributed by atoms with van der Waals surface area (Å²) in [5.74, 6) is -0.283. The van der Waals surface area contributed by atoms with Gasteiger partial charge in [-0.25, -0.2) is 0 Å². The van der Waals surface area contributed by atoms with E-state index in [1.807, 2.05) is 0 Å². The molecule has 1 heterocycles. The summed E-state index contributed by atoms with van der Waals surface area (Å²) >= 11 is 0. The summed E-state index contributed by atoms with van der Waals surface area (Å²) < 4.78 is 10.9. The Balaban J connectivity index is 2.38. The largest absolute Gasteiger partial charge is 0.456 e. The molecular formula is C19H16O5. The van der Waals surface area contributed by atoms with Crippen LogP contribution in [0.3, 0.4) is 0 Å². The van der Waals surface area contributed by atoms with Gasteiger partial charge in [0.25, 0.3) is 0 Å². The zero-order valence-electron chi connectivity index (χ0n) is 13.6. The third-order valence-electron chi connectivity index (χ3n) is 4.10. The van der Waals surface area contributed by atoms with Crippen LogP contribution in [-0.4, -0.2) is 18.5 Å². The van der Waals surface area contributed by atoms with Crippen LogP contribution in [0.1, 0.15) is 24.2 Å². The minimum absolute atomic E-state index is 0.0777. The molecule has 0 saturated heterocycles. The summed E-state index contributed by atoms with van der Waals surface area (Å²) in [5, 5.41) is 0.290. The first-order chi connectivity index (χ1) is 11.3. The third kappa shape index (κ3) is 2.53. The van der Waals surface area contributed by atoms with Crippen LogP contribution in [0.4, 0.5) is 0 Å². The standard InChI is InChI=1S/C19H16O5/c1-19(2,23-3)18(22)11-8-9-15-13(10-11)17(21)16(20)12-6-4-5-7-14(12)24-15/h4-10H,1-3H3. The van der Waals surface area contributed by atoms with E-state index in [-0.39, 0.29) is 27.7 Å². The van der Waals surface area contributed by atoms with Crippen molar-refractivity contribution in [2.24, 2.45) is 0 Å². The van der Waals surface area contributed by atoms with Crippen LogP contribution >= 0.6 is 0 Å². The van der Waals surface area contributed by atoms with Gasteiger partial charge in [0.2, 0.25) is 10.9 Å². The lowest BCUT2D eigenvalue weighted by molar-refractivity contribution is 0.0228. The molecule has 2 aromatic carbocycles. The number of carbonyl (C=O) groups excluding carboxylic acids is 1. The number of Topliss-reactive ketones (excluding diaryl/α,β-unsaturated/α-hetero) is 1. The molecular weight excluding hydrogens is 308 g/mol. The highest BCUT2D eigenvalue weighted by atomic mass is 16.5. The van der Waals surface area contributed by atoms with Crippen LogP contribution in [0.5, 0.6) is 0 Å². The monoisotopic (exact) mass is 324 g/mol. The van der Waals surface area contributed by atoms with Crippen molar-refractivity contribution in [3.05, 3.63) is 68.5 Å². The fourth-order valence-electron chi connectivity index (χ4n) is 2.48. The van der Waals surface area contributed by atoms with E-state index in [0.717, 1.165) is 0 Å². The van der Waals surface area contributed by atoms with Gasteiger partial charge in [-0.1, -0.05) is 12.1 Å². The van der Waals surface area contributed by atoms with E-state index in [4.69, 9.17) is 9.15 Å². The number of ether oxygens (including phenoxy) is 1. The summed E-state index contributed by atoms with van der Waals surface area (Å²) in [5.41, 5.74) is -1.51. The SMILES string of the molecule is COC(C)(C)C(=O)c1ccc2oc3ccccc3c(=O)c(=O)c2c1. The van der Waals surface area contributed by atoms with Gasteiger partial charge in [-0.2, -0.15) is 0 Å². The Kier molecular flexibility index (Phi) is 3.81. The molecule has 3 rings (SSSR count). The highest BCUT2D eigenvalue weighted by Crippen LogP contribution is 2.21. The van der Waals surface area contributed by atoms with Crippen molar-refractivity contribution in [2.45, 2.75) is 19.4 Å². The predicted octanol–water partition coefficient (Wildman–Crippen LogP) is 2.91. The van der Waals surface area contributed by atoms with Gasteiger partial charge >= 0.3 is 0 Å². The molecule has 0 saturated carbocycles. The van der Waals surface area contributed by atoms with Gasteiger partial charge in [-0.15, -0.1) is 0 Å². The molecule has 24 heavy (non-hydrogen) atoms. The molecule has 0 N–H and O–H groups in total. The summed E-state index contributed by atoms with van der Waals surface area (Å²) in [6.45, 7) is 3.28. The average molecular weight is 324 g/mol. The van der Waals surface area contributed by atoms with Gasteiger partial charge in [0, 0.05) is 12.7 Å². The summed E-state index contributed by atoms with van der Waals surface area (Å²) in [6, 6.07) is 11.0. The van der Waals surface area contributed by atoms with E-state index in [2.05, 4.69) is 0 Å². The van der Waals surface area contributed by atoms with Crippen LogP contribution in [0, 0.1) is 0 Å². The van der Waals surface area contributed by atoms with E-state index in [1.54, 1.807) is 44.2 Å². The highest BCUT2D eigenvalue weighted by Gasteiger charge is 2.28. The number of fused-ring (bicyclic) bond motifs is 2. The fourth-order valence-corrected chi connectivity index (χ4v) is 2.48. The maximum atomic E-state index is 12.5. The number of para-hydroxylation sites is 1. The molecule has 3 aromatic rings. The molecule has 0 spiro atoms. The number of methoxy groups -OCH3 is 1. The molecule has 0 bridgehead atoms. The molecule has 0 radical (unpaired) electrons. The lowest BCUT2D eigenvalue weighted by atomic mass is 9.95. The quantitative estimate of drug-likeness (QED) is 0.547. The zero-order valence-corrected chi connectivity index (χ0v) is 13.6. The van der Waals surface area contributed by atoms with E-state index in [0.29, 0.717) is 5.58 Å². The third-order valence-corrected chi connectivity index (χ3v) is 4.10. The van der Waals surface area contributed by atoms with Crippen molar-refractivity contribution < 1.29 is 13.9 Å². The Morgan fingerprint density at radius 3 is 2.29 bits per heavy atom. The summed E-state index contributed by atoms with van der Waals surface area (Å²) in [6.07, 6.45) is 0. The maximum Gasteiger partial charge on any atom is 0.237 e. The van der Waals surface area contributed by atoms with Crippen molar-refractivity contribution >= 4 is 27.7 Å². The van der Waals surface area contributed by atoms with Crippen molar-refractivity contribution in [3.8, 4) is 0 Å². The normalized spacial score (nSPS) is 11.8. The van der Waals surface area contributed by atoms with Gasteiger partial charge in [0.15, 0.2) is 5.78 Å². The minimum atomic E-state index is -1.03. The highest BCUT2D eigenvalue weighted by molar-refractivity contribution is 6.04. The number of hydrogen-bond donors (Lipinski definition) is 0. The molecule has 0 amide bonds. The topological polar surface area (TPSA) is 73.6 Å². The van der Waals surface area contributed by atoms with E-state index < -0.39 is 16.5 Å². The zero-order chi connectivity index (χ0) is 17.5. The van der Waals surface area contributed by atoms with E-state index >= 15 is 0 Å². The first-order valence-electron chi connectivity index (χ1n) is 7.45. The lowest BCUT2D eigenvalue weighted by Gasteiger charge is -2.21. The number of carbonyl (C=O) groups is 1. The fraction of sp³-hybridized carbons (Fsp3) is 0.211. The summed E-state index contributed by atoms with van der Waals surface area (Å²) in [7, 11) is 1.44. The van der Waals surface area contributed by atoms with Crippen LogP contribution in [0.15, 0.2) is 56.5 Å². The Morgan fingerprint density at radius 1 is 0.958 bits per heavy atom. The Labute approximate surface area is 137 Å². The molecule has 0 aliphatic heterocycles. The molecule has 122 valence electrons. The van der Waals surface area contributed by atoms with Gasteiger partial charge in [-0.05, 0) is 44.2 Å². The molecule has 1 aromatic heterocycles. The van der Waals surface area contributed by atoms with Crippen molar-refractivity contribution in [1.29, 1.82) is 0 Å². The second-order valence-corrected chi connectivity index (χ2v) is 6.01. The Morgan fingerprint density at radius 2 is 1.58 bits per heavy atom. The first-order valence-corrected chi connectivity index (χ1v) is 7.45. The molecule has 0 unspecified atom stereocenters. The summed E-state index contributed by atoms with van der Waals surface area (Å²) in [4.78, 5) is 37.4. The van der Waals surface area contributed by atoms with Crippen LogP contribution in [0.2, 0.25) is 0 Å². The number of rotatable bonds is 3. The molecule has 0 fully saturated rings. The second-order valence-electron chi connectivity index (χ2n) is 6.01. The van der Waals surface area contributed by atoms with Gasteiger partial charge < -0.3 is 9.15 Å².